The second kappa shape index (κ2) is 9.80. The number of nitro benzene ring substituents is 1. The fourth-order valence-electron chi connectivity index (χ4n) is 3.67. The molecule has 2 amide bonds. The average Bonchev–Trinajstić information content (AvgIpc) is 2.77. The predicted octanol–water partition coefficient (Wildman–Crippen LogP) is 4.53. The van der Waals surface area contributed by atoms with Gasteiger partial charge in [0.15, 0.2) is 0 Å². The summed E-state index contributed by atoms with van der Waals surface area (Å²) in [6, 6.07) is 7.69. The summed E-state index contributed by atoms with van der Waals surface area (Å²) in [4.78, 5) is 36.0. The highest BCUT2D eigenvalue weighted by molar-refractivity contribution is 5.98. The molecule has 0 spiro atoms. The molecule has 0 saturated heterocycles. The number of halogens is 3. The zero-order valence-corrected chi connectivity index (χ0v) is 17.0. The lowest BCUT2D eigenvalue weighted by Crippen LogP contribution is -2.45. The molecule has 0 radical (unpaired) electrons. The van der Waals surface area contributed by atoms with Crippen molar-refractivity contribution in [1.29, 1.82) is 0 Å². The highest BCUT2D eigenvalue weighted by atomic mass is 19.4. The Balaban J connectivity index is 1.85. The molecule has 2 aromatic carbocycles. The molecule has 1 fully saturated rings. The van der Waals surface area contributed by atoms with E-state index in [1.165, 1.54) is 30.3 Å². The monoisotopic (exact) mass is 449 g/mol. The number of alkyl halides is 3. The Morgan fingerprint density at radius 2 is 1.69 bits per heavy atom. The van der Waals surface area contributed by atoms with E-state index in [1.807, 2.05) is 0 Å². The number of nitrogens with one attached hydrogen (secondary N) is 2. The predicted molar refractivity (Wildman–Crippen MR) is 110 cm³/mol. The standard InChI is InChI=1S/C22H22F3N3O4/c23-22(24,25)16-6-4-5-15(13-16)20(29)27-19(14-9-11-18(12-10-14)28(31)32)21(30)26-17-7-2-1-3-8-17/h4-6,9-13,17,19H,1-3,7-8H2,(H,26,30)(H,27,29). The maximum atomic E-state index is 13.0. The Labute approximate surface area is 182 Å². The minimum Gasteiger partial charge on any atom is -0.351 e. The van der Waals surface area contributed by atoms with Crippen molar-refractivity contribution in [2.75, 3.05) is 0 Å². The van der Waals surface area contributed by atoms with E-state index in [4.69, 9.17) is 0 Å². The first kappa shape index (κ1) is 23.2. The van der Waals surface area contributed by atoms with Gasteiger partial charge in [0.1, 0.15) is 6.04 Å². The zero-order valence-electron chi connectivity index (χ0n) is 17.0. The highest BCUT2D eigenvalue weighted by Gasteiger charge is 2.32. The molecule has 2 N–H and O–H groups in total. The first-order valence-electron chi connectivity index (χ1n) is 10.2. The van der Waals surface area contributed by atoms with Crippen LogP contribution in [0, 0.1) is 10.1 Å². The Bertz CT molecular complexity index is 987. The molecule has 0 aromatic heterocycles. The van der Waals surface area contributed by atoms with Gasteiger partial charge in [0.2, 0.25) is 5.91 Å². The average molecular weight is 449 g/mol. The van der Waals surface area contributed by atoms with Crippen LogP contribution in [-0.4, -0.2) is 22.8 Å². The van der Waals surface area contributed by atoms with E-state index in [0.717, 1.165) is 44.2 Å². The van der Waals surface area contributed by atoms with Crippen LogP contribution >= 0.6 is 0 Å². The van der Waals surface area contributed by atoms with Gasteiger partial charge in [0.05, 0.1) is 10.5 Å². The summed E-state index contributed by atoms with van der Waals surface area (Å²) in [6.07, 6.45) is -0.0368. The minimum absolute atomic E-state index is 0.0674. The van der Waals surface area contributed by atoms with E-state index in [0.29, 0.717) is 6.07 Å². The number of nitro groups is 1. The molecule has 0 aliphatic heterocycles. The molecule has 3 rings (SSSR count). The maximum absolute atomic E-state index is 13.0. The van der Waals surface area contributed by atoms with Crippen molar-refractivity contribution in [2.45, 2.75) is 50.4 Å². The molecule has 32 heavy (non-hydrogen) atoms. The van der Waals surface area contributed by atoms with Gasteiger partial charge >= 0.3 is 6.18 Å². The topological polar surface area (TPSA) is 101 Å². The SMILES string of the molecule is O=C(NC(C(=O)NC1CCCCC1)c1ccc([N+](=O)[O-])cc1)c1cccc(C(F)(F)F)c1. The summed E-state index contributed by atoms with van der Waals surface area (Å²) in [5.74, 6) is -1.38. The quantitative estimate of drug-likeness (QED) is 0.500. The van der Waals surface area contributed by atoms with Crippen molar-refractivity contribution in [3.63, 3.8) is 0 Å². The third kappa shape index (κ3) is 5.83. The van der Waals surface area contributed by atoms with Gasteiger partial charge in [-0.2, -0.15) is 13.2 Å². The summed E-state index contributed by atoms with van der Waals surface area (Å²) < 4.78 is 39.0. The van der Waals surface area contributed by atoms with Crippen LogP contribution < -0.4 is 10.6 Å². The molecule has 7 nitrogen and oxygen atoms in total. The van der Waals surface area contributed by atoms with Crippen LogP contribution in [0.3, 0.4) is 0 Å². The number of benzene rings is 2. The lowest BCUT2D eigenvalue weighted by molar-refractivity contribution is -0.384. The molecule has 1 atom stereocenters. The van der Waals surface area contributed by atoms with Crippen LogP contribution in [0.1, 0.15) is 59.6 Å². The molecule has 1 aliphatic rings. The second-order valence-corrected chi connectivity index (χ2v) is 7.68. The molecule has 1 aliphatic carbocycles. The van der Waals surface area contributed by atoms with E-state index in [1.54, 1.807) is 0 Å². The van der Waals surface area contributed by atoms with Gasteiger partial charge in [0.25, 0.3) is 11.6 Å². The molecule has 170 valence electrons. The number of carbonyl (C=O) groups excluding carboxylic acids is 2. The number of hydrogen-bond acceptors (Lipinski definition) is 4. The molecular weight excluding hydrogens is 427 g/mol. The summed E-state index contributed by atoms with van der Waals surface area (Å²) >= 11 is 0. The summed E-state index contributed by atoms with van der Waals surface area (Å²) in [6.45, 7) is 0. The molecule has 1 saturated carbocycles. The van der Waals surface area contributed by atoms with E-state index in [-0.39, 0.29) is 22.9 Å². The second-order valence-electron chi connectivity index (χ2n) is 7.68. The molecule has 0 bridgehead atoms. The largest absolute Gasteiger partial charge is 0.416 e. The zero-order chi connectivity index (χ0) is 23.3. The Morgan fingerprint density at radius 1 is 1.03 bits per heavy atom. The van der Waals surface area contributed by atoms with Crippen molar-refractivity contribution in [3.8, 4) is 0 Å². The van der Waals surface area contributed by atoms with Crippen LogP contribution in [0.15, 0.2) is 48.5 Å². The highest BCUT2D eigenvalue weighted by Crippen LogP contribution is 2.30. The van der Waals surface area contributed by atoms with Crippen LogP contribution in [0.25, 0.3) is 0 Å². The summed E-state index contributed by atoms with van der Waals surface area (Å²) in [7, 11) is 0. The van der Waals surface area contributed by atoms with Gasteiger partial charge in [-0.1, -0.05) is 25.3 Å². The molecule has 1 unspecified atom stereocenters. The lowest BCUT2D eigenvalue weighted by atomic mass is 9.95. The van der Waals surface area contributed by atoms with Gasteiger partial charge < -0.3 is 10.6 Å². The summed E-state index contributed by atoms with van der Waals surface area (Å²) in [5.41, 5.74) is -1.14. The van der Waals surface area contributed by atoms with Gasteiger partial charge in [-0.3, -0.25) is 19.7 Å². The van der Waals surface area contributed by atoms with Gasteiger partial charge in [0, 0.05) is 23.7 Å². The maximum Gasteiger partial charge on any atom is 0.416 e. The fraction of sp³-hybridized carbons (Fsp3) is 0.364. The number of carbonyl (C=O) groups is 2. The molecule has 2 aromatic rings. The normalized spacial score (nSPS) is 15.6. The van der Waals surface area contributed by atoms with Crippen molar-refractivity contribution in [2.24, 2.45) is 0 Å². The van der Waals surface area contributed by atoms with E-state index < -0.39 is 34.5 Å². The Morgan fingerprint density at radius 3 is 2.28 bits per heavy atom. The smallest absolute Gasteiger partial charge is 0.351 e. The minimum atomic E-state index is -4.62. The third-order valence-corrected chi connectivity index (χ3v) is 5.38. The number of nitrogens with zero attached hydrogens (tertiary/aromatic N) is 1. The third-order valence-electron chi connectivity index (χ3n) is 5.38. The number of amides is 2. The van der Waals surface area contributed by atoms with E-state index in [9.17, 15) is 32.9 Å². The first-order chi connectivity index (χ1) is 15.1. The van der Waals surface area contributed by atoms with Gasteiger partial charge in [-0.25, -0.2) is 0 Å². The van der Waals surface area contributed by atoms with Crippen LogP contribution in [0.5, 0.6) is 0 Å². The number of rotatable bonds is 6. The lowest BCUT2D eigenvalue weighted by Gasteiger charge is -2.26. The van der Waals surface area contributed by atoms with Gasteiger partial charge in [-0.05, 0) is 48.7 Å². The van der Waals surface area contributed by atoms with Crippen LogP contribution in [-0.2, 0) is 11.0 Å². The van der Waals surface area contributed by atoms with Crippen LogP contribution in [0.2, 0.25) is 0 Å². The number of non-ortho nitro benzene ring substituents is 1. The molecule has 0 heterocycles. The fourth-order valence-corrected chi connectivity index (χ4v) is 3.67. The summed E-state index contributed by atoms with van der Waals surface area (Å²) in [5, 5.41) is 16.3. The first-order valence-corrected chi connectivity index (χ1v) is 10.2. The van der Waals surface area contributed by atoms with Crippen molar-refractivity contribution >= 4 is 17.5 Å². The number of hydrogen-bond donors (Lipinski definition) is 2. The van der Waals surface area contributed by atoms with Crippen molar-refractivity contribution in [3.05, 3.63) is 75.3 Å². The van der Waals surface area contributed by atoms with Crippen LogP contribution in [0.4, 0.5) is 18.9 Å². The molecular formula is C22H22F3N3O4. The van der Waals surface area contributed by atoms with Gasteiger partial charge in [-0.15, -0.1) is 0 Å². The Hall–Kier alpha value is -3.43. The van der Waals surface area contributed by atoms with E-state index >= 15 is 0 Å². The van der Waals surface area contributed by atoms with Crippen molar-refractivity contribution < 1.29 is 27.7 Å². The Kier molecular flexibility index (Phi) is 7.12. The molecule has 10 heteroatoms. The van der Waals surface area contributed by atoms with Crippen molar-refractivity contribution in [1.82, 2.24) is 10.6 Å². The van der Waals surface area contributed by atoms with E-state index in [2.05, 4.69) is 10.6 Å².